The first kappa shape index (κ1) is 27.4. The van der Waals surface area contributed by atoms with Gasteiger partial charge in [0.25, 0.3) is 5.56 Å². The van der Waals surface area contributed by atoms with Crippen molar-refractivity contribution < 1.29 is 14.3 Å². The van der Waals surface area contributed by atoms with Crippen molar-refractivity contribution in [2.45, 2.75) is 52.1 Å². The van der Waals surface area contributed by atoms with Crippen molar-refractivity contribution in [2.24, 2.45) is 5.73 Å². The number of anilines is 1. The number of rotatable bonds is 9. The number of nitrogens with one attached hydrogen (secondary N) is 1. The number of halogens is 1. The molecule has 0 spiro atoms. The maximum atomic E-state index is 13.2. The molecule has 0 aliphatic rings. The molecular weight excluding hydrogens is 522 g/mol. The fourth-order valence-corrected chi connectivity index (χ4v) is 4.18. The third-order valence-electron chi connectivity index (χ3n) is 6.59. The summed E-state index contributed by atoms with van der Waals surface area (Å²) >= 11 is 3.49. The normalized spacial score (nSPS) is 12.2. The Morgan fingerprint density at radius 1 is 1.08 bits per heavy atom. The monoisotopic (exact) mass is 553 g/mol. The van der Waals surface area contributed by atoms with Gasteiger partial charge in [-0.05, 0) is 84.4 Å². The third-order valence-corrected chi connectivity index (χ3v) is 7.38. The predicted octanol–water partition coefficient (Wildman–Crippen LogP) is 4.35. The van der Waals surface area contributed by atoms with Crippen LogP contribution in [-0.2, 0) is 28.0 Å². The lowest BCUT2D eigenvalue weighted by Gasteiger charge is -2.22. The molecule has 0 aliphatic heterocycles. The van der Waals surface area contributed by atoms with E-state index in [-0.39, 0.29) is 17.0 Å². The van der Waals surface area contributed by atoms with Gasteiger partial charge in [0, 0.05) is 16.1 Å². The highest BCUT2D eigenvalue weighted by Crippen LogP contribution is 2.25. The summed E-state index contributed by atoms with van der Waals surface area (Å²) in [6.07, 6.45) is 2.00. The molecule has 2 aromatic carbocycles. The number of carbonyl (C=O) groups is 2. The lowest BCUT2D eigenvalue weighted by Crippen LogP contribution is -2.39. The zero-order valence-corrected chi connectivity index (χ0v) is 22.8. The van der Waals surface area contributed by atoms with Crippen LogP contribution in [0.5, 0.6) is 5.75 Å². The van der Waals surface area contributed by atoms with E-state index in [0.29, 0.717) is 23.0 Å². The quantitative estimate of drug-likeness (QED) is 0.410. The Balaban J connectivity index is 1.76. The summed E-state index contributed by atoms with van der Waals surface area (Å²) in [5, 5.41) is 2.74. The van der Waals surface area contributed by atoms with Crippen molar-refractivity contribution in [1.29, 1.82) is 0 Å². The minimum Gasteiger partial charge on any atom is -0.497 e. The van der Waals surface area contributed by atoms with Crippen molar-refractivity contribution >= 4 is 33.3 Å². The highest BCUT2D eigenvalue weighted by atomic mass is 79.9. The minimum absolute atomic E-state index is 0.0772. The molecule has 0 saturated heterocycles. The van der Waals surface area contributed by atoms with E-state index >= 15 is 0 Å². The average molecular weight is 554 g/mol. The first-order valence-electron chi connectivity index (χ1n) is 11.6. The van der Waals surface area contributed by atoms with Crippen LogP contribution in [0.2, 0.25) is 0 Å². The molecule has 0 radical (unpaired) electrons. The summed E-state index contributed by atoms with van der Waals surface area (Å²) in [7, 11) is 1.60. The van der Waals surface area contributed by atoms with Crippen LogP contribution < -0.4 is 21.3 Å². The fraction of sp³-hybridized carbons (Fsp3) is 0.321. The zero-order valence-electron chi connectivity index (χ0n) is 21.2. The Morgan fingerprint density at radius 3 is 2.22 bits per heavy atom. The largest absolute Gasteiger partial charge is 0.497 e. The van der Waals surface area contributed by atoms with Crippen LogP contribution in [0.1, 0.15) is 43.0 Å². The summed E-state index contributed by atoms with van der Waals surface area (Å²) in [6, 6.07) is 14.1. The number of carbonyl (C=O) groups excluding carboxylic acids is 2. The van der Waals surface area contributed by atoms with Gasteiger partial charge < -0.3 is 20.4 Å². The molecule has 0 fully saturated rings. The molecule has 0 bridgehead atoms. The second-order valence-electron chi connectivity index (χ2n) is 9.44. The Kier molecular flexibility index (Phi) is 8.53. The number of ether oxygens (including phenoxy) is 1. The van der Waals surface area contributed by atoms with E-state index in [1.807, 2.05) is 62.4 Å². The molecule has 7 nitrogen and oxygen atoms in total. The lowest BCUT2D eigenvalue weighted by atomic mass is 9.81. The van der Waals surface area contributed by atoms with Gasteiger partial charge in [0.1, 0.15) is 17.2 Å². The van der Waals surface area contributed by atoms with Crippen molar-refractivity contribution in [2.75, 3.05) is 12.4 Å². The Hall–Kier alpha value is -3.23. The van der Waals surface area contributed by atoms with Gasteiger partial charge in [0.15, 0.2) is 0 Å². The number of aromatic nitrogens is 1. The number of benzene rings is 2. The molecule has 0 saturated carbocycles. The van der Waals surface area contributed by atoms with Crippen LogP contribution in [0.4, 0.5) is 5.69 Å². The van der Waals surface area contributed by atoms with Gasteiger partial charge in [0.05, 0.1) is 19.7 Å². The highest BCUT2D eigenvalue weighted by molar-refractivity contribution is 9.10. The van der Waals surface area contributed by atoms with Crippen LogP contribution in [-0.4, -0.2) is 29.4 Å². The molecule has 1 amide bonds. The number of amides is 1. The molecule has 8 heteroatoms. The van der Waals surface area contributed by atoms with E-state index < -0.39 is 17.4 Å². The van der Waals surface area contributed by atoms with Gasteiger partial charge in [-0.15, -0.1) is 0 Å². The molecule has 0 unspecified atom stereocenters. The van der Waals surface area contributed by atoms with E-state index in [4.69, 9.17) is 10.5 Å². The molecule has 1 aromatic heterocycles. The highest BCUT2D eigenvalue weighted by Gasteiger charge is 2.26. The molecule has 1 heterocycles. The molecule has 3 N–H and O–H groups in total. The van der Waals surface area contributed by atoms with Gasteiger partial charge in [-0.2, -0.15) is 0 Å². The molecule has 3 aromatic rings. The minimum atomic E-state index is -0.857. The predicted molar refractivity (Wildman–Crippen MR) is 146 cm³/mol. The van der Waals surface area contributed by atoms with Crippen LogP contribution in [0.15, 0.2) is 64.0 Å². The molecule has 0 aliphatic carbocycles. The van der Waals surface area contributed by atoms with Crippen LogP contribution in [0.25, 0.3) is 0 Å². The van der Waals surface area contributed by atoms with Crippen molar-refractivity contribution in [3.8, 4) is 5.75 Å². The summed E-state index contributed by atoms with van der Waals surface area (Å²) in [6.45, 7) is 7.43. The first-order valence-corrected chi connectivity index (χ1v) is 12.4. The maximum absolute atomic E-state index is 13.2. The zero-order chi connectivity index (χ0) is 26.6. The van der Waals surface area contributed by atoms with E-state index in [1.165, 1.54) is 4.57 Å². The van der Waals surface area contributed by atoms with Crippen molar-refractivity contribution in [1.82, 2.24) is 4.57 Å². The molecule has 3 rings (SSSR count). The third kappa shape index (κ3) is 6.12. The lowest BCUT2D eigenvalue weighted by molar-refractivity contribution is -0.121. The topological polar surface area (TPSA) is 103 Å². The fourth-order valence-electron chi connectivity index (χ4n) is 3.73. The Labute approximate surface area is 219 Å². The average Bonchev–Trinajstić information content (AvgIpc) is 2.85. The van der Waals surface area contributed by atoms with E-state index in [1.54, 1.807) is 27.2 Å². The Bertz CT molecular complexity index is 1310. The van der Waals surface area contributed by atoms with E-state index in [9.17, 15) is 14.4 Å². The van der Waals surface area contributed by atoms with Crippen molar-refractivity contribution in [3.05, 3.63) is 91.8 Å². The molecule has 190 valence electrons. The SMILES string of the molecule is COc1ccc(Cn2cc(Br)c(C)c(NC(=O)[C@@H](N)Cc3ccc(C(C)(C)C(C)=O)cc3)c2=O)cc1. The molecule has 36 heavy (non-hydrogen) atoms. The number of hydrogen-bond acceptors (Lipinski definition) is 5. The van der Waals surface area contributed by atoms with Gasteiger partial charge in [0.2, 0.25) is 5.91 Å². The van der Waals surface area contributed by atoms with Gasteiger partial charge in [-0.25, -0.2) is 0 Å². The van der Waals surface area contributed by atoms with Gasteiger partial charge >= 0.3 is 0 Å². The van der Waals surface area contributed by atoms with Gasteiger partial charge in [-0.1, -0.05) is 36.4 Å². The number of methoxy groups -OCH3 is 1. The maximum Gasteiger partial charge on any atom is 0.274 e. The van der Waals surface area contributed by atoms with E-state index in [2.05, 4.69) is 21.2 Å². The second-order valence-corrected chi connectivity index (χ2v) is 10.3. The van der Waals surface area contributed by atoms with Gasteiger partial charge in [-0.3, -0.25) is 14.4 Å². The smallest absolute Gasteiger partial charge is 0.274 e. The second kappa shape index (κ2) is 11.2. The molecular formula is C28H32BrN3O4. The summed E-state index contributed by atoms with van der Waals surface area (Å²) in [4.78, 5) is 38.1. The number of Topliss-reactive ketones (excluding diaryl/α,β-unsaturated/α-hetero) is 1. The summed E-state index contributed by atoms with van der Waals surface area (Å²) in [5.41, 5.74) is 8.80. The summed E-state index contributed by atoms with van der Waals surface area (Å²) in [5.74, 6) is 0.362. The number of ketones is 1. The Morgan fingerprint density at radius 2 is 1.67 bits per heavy atom. The van der Waals surface area contributed by atoms with Crippen LogP contribution in [0.3, 0.4) is 0 Å². The van der Waals surface area contributed by atoms with Crippen molar-refractivity contribution in [3.63, 3.8) is 0 Å². The summed E-state index contributed by atoms with van der Waals surface area (Å²) < 4.78 is 7.42. The standard InChI is InChI=1S/C28H32BrN3O4/c1-17-23(29)16-32(15-20-8-12-22(36-5)13-9-20)27(35)25(17)31-26(34)24(30)14-19-6-10-21(11-7-19)28(3,4)18(2)33/h6-13,16,24H,14-15,30H2,1-5H3,(H,31,34)/t24-/m0/s1. The number of nitrogens with zero attached hydrogens (tertiary/aromatic N) is 1. The first-order chi connectivity index (χ1) is 16.9. The van der Waals surface area contributed by atoms with Crippen LogP contribution >= 0.6 is 15.9 Å². The van der Waals surface area contributed by atoms with Crippen LogP contribution in [0, 0.1) is 6.92 Å². The number of hydrogen-bond donors (Lipinski definition) is 2. The number of pyridine rings is 1. The number of nitrogens with two attached hydrogens (primary N) is 1. The molecule has 1 atom stereocenters. The van der Waals surface area contributed by atoms with E-state index in [0.717, 1.165) is 22.4 Å².